The lowest BCUT2D eigenvalue weighted by atomic mass is 9.98. The minimum absolute atomic E-state index is 0.00361. The van der Waals surface area contributed by atoms with Crippen LogP contribution in [0.5, 0.6) is 0 Å². The largest absolute Gasteiger partial charge is 0.481 e. The Morgan fingerprint density at radius 1 is 0.886 bits per heavy atom. The molecule has 180 valence electrons. The highest BCUT2D eigenvalue weighted by Crippen LogP contribution is 2.44. The number of nitrogens with one attached hydrogen (secondary N) is 2. The molecule has 0 saturated carbocycles. The Morgan fingerprint density at radius 3 is 2.00 bits per heavy atom. The minimum atomic E-state index is -2.66. The molecule has 0 saturated heterocycles. The highest BCUT2D eigenvalue weighted by atomic mass is 19.3. The zero-order valence-electron chi connectivity index (χ0n) is 18.4. The number of alkyl carbamates (subject to hydrolysis) is 1. The van der Waals surface area contributed by atoms with Gasteiger partial charge in [-0.3, -0.25) is 9.59 Å². The quantitative estimate of drug-likeness (QED) is 0.423. The monoisotopic (exact) mass is 480 g/mol. The summed E-state index contributed by atoms with van der Waals surface area (Å²) < 4.78 is 30.8. The summed E-state index contributed by atoms with van der Waals surface area (Å²) in [6, 6.07) is 19.0. The van der Waals surface area contributed by atoms with Gasteiger partial charge in [0.25, 0.3) is 6.43 Å². The van der Waals surface area contributed by atoms with E-state index in [1.165, 1.54) is 12.1 Å². The van der Waals surface area contributed by atoms with E-state index in [1.54, 1.807) is 0 Å². The van der Waals surface area contributed by atoms with Gasteiger partial charge in [0.2, 0.25) is 5.91 Å². The second-order valence-corrected chi connectivity index (χ2v) is 8.03. The van der Waals surface area contributed by atoms with Crippen molar-refractivity contribution in [2.75, 3.05) is 11.9 Å². The third kappa shape index (κ3) is 5.46. The number of carboxylic acids is 1. The Balaban J connectivity index is 1.41. The molecule has 1 unspecified atom stereocenters. The van der Waals surface area contributed by atoms with Gasteiger partial charge in [-0.05, 0) is 34.4 Å². The van der Waals surface area contributed by atoms with E-state index in [0.29, 0.717) is 0 Å². The summed E-state index contributed by atoms with van der Waals surface area (Å²) in [7, 11) is 0. The number of alkyl halides is 2. The van der Waals surface area contributed by atoms with E-state index < -0.39 is 36.9 Å². The Hall–Kier alpha value is -4.27. The van der Waals surface area contributed by atoms with Crippen molar-refractivity contribution < 1.29 is 33.0 Å². The van der Waals surface area contributed by atoms with Gasteiger partial charge in [-0.15, -0.1) is 0 Å². The van der Waals surface area contributed by atoms with Crippen LogP contribution in [0.25, 0.3) is 11.1 Å². The van der Waals surface area contributed by atoms with Crippen molar-refractivity contribution in [2.45, 2.75) is 24.8 Å². The fraction of sp³-hybridized carbons (Fsp3) is 0.192. The van der Waals surface area contributed by atoms with Gasteiger partial charge in [-0.1, -0.05) is 60.7 Å². The first kappa shape index (κ1) is 23.9. The number of hydrogen-bond acceptors (Lipinski definition) is 4. The highest BCUT2D eigenvalue weighted by molar-refractivity contribution is 5.98. The summed E-state index contributed by atoms with van der Waals surface area (Å²) in [5.41, 5.74) is 4.09. The molecule has 3 aromatic carbocycles. The molecule has 3 N–H and O–H groups in total. The number of benzene rings is 3. The molecule has 0 bridgehead atoms. The van der Waals surface area contributed by atoms with Crippen molar-refractivity contribution in [3.05, 3.63) is 89.5 Å². The number of hydrogen-bond donors (Lipinski definition) is 3. The molecule has 35 heavy (non-hydrogen) atoms. The Labute approximate surface area is 199 Å². The minimum Gasteiger partial charge on any atom is -0.481 e. The fourth-order valence-corrected chi connectivity index (χ4v) is 4.11. The maximum Gasteiger partial charge on any atom is 0.407 e. The molecule has 3 aromatic rings. The Kier molecular flexibility index (Phi) is 7.05. The van der Waals surface area contributed by atoms with Crippen LogP contribution >= 0.6 is 0 Å². The molecule has 0 fully saturated rings. The van der Waals surface area contributed by atoms with Gasteiger partial charge in [0.05, 0.1) is 6.42 Å². The van der Waals surface area contributed by atoms with Crippen LogP contribution < -0.4 is 10.6 Å². The number of amides is 2. The van der Waals surface area contributed by atoms with Crippen molar-refractivity contribution in [3.8, 4) is 11.1 Å². The lowest BCUT2D eigenvalue weighted by Crippen LogP contribution is -2.45. The third-order valence-corrected chi connectivity index (χ3v) is 5.76. The molecule has 1 aliphatic carbocycles. The predicted molar refractivity (Wildman–Crippen MR) is 124 cm³/mol. The first-order chi connectivity index (χ1) is 16.8. The van der Waals surface area contributed by atoms with Crippen LogP contribution in [0.2, 0.25) is 0 Å². The molecular weight excluding hydrogens is 458 g/mol. The van der Waals surface area contributed by atoms with Gasteiger partial charge in [0.15, 0.2) is 0 Å². The molecule has 2 amide bonds. The van der Waals surface area contributed by atoms with E-state index in [0.717, 1.165) is 34.4 Å². The second-order valence-electron chi connectivity index (χ2n) is 8.03. The molecule has 7 nitrogen and oxygen atoms in total. The van der Waals surface area contributed by atoms with Crippen LogP contribution in [0.1, 0.15) is 35.5 Å². The average molecular weight is 480 g/mol. The molecule has 0 aromatic heterocycles. The lowest BCUT2D eigenvalue weighted by Gasteiger charge is -2.19. The number of aliphatic carboxylic acids is 1. The van der Waals surface area contributed by atoms with E-state index >= 15 is 0 Å². The summed E-state index contributed by atoms with van der Waals surface area (Å²) in [6.07, 6.45) is -4.29. The van der Waals surface area contributed by atoms with Gasteiger partial charge in [0.1, 0.15) is 12.6 Å². The first-order valence-corrected chi connectivity index (χ1v) is 10.9. The van der Waals surface area contributed by atoms with E-state index in [-0.39, 0.29) is 23.8 Å². The van der Waals surface area contributed by atoms with Crippen LogP contribution in [0.4, 0.5) is 19.3 Å². The summed E-state index contributed by atoms with van der Waals surface area (Å²) in [5, 5.41) is 13.9. The Bertz CT molecular complexity index is 1200. The lowest BCUT2D eigenvalue weighted by molar-refractivity contribution is -0.139. The molecule has 1 atom stereocenters. The second kappa shape index (κ2) is 10.3. The summed E-state index contributed by atoms with van der Waals surface area (Å²) in [5.74, 6) is -2.32. The standard InChI is InChI=1S/C26H22F2N2O5/c27-24(28)15-9-11-16(12-10-15)29-25(33)22(13-23(31)32)30-26(34)35-14-21-19-7-3-1-5-17(19)18-6-2-4-8-20(18)21/h1-12,21-22,24H,13-14H2,(H,29,33)(H,30,34)(H,31,32). The van der Waals surface area contributed by atoms with Crippen molar-refractivity contribution in [2.24, 2.45) is 0 Å². The van der Waals surface area contributed by atoms with Gasteiger partial charge >= 0.3 is 12.1 Å². The number of anilines is 1. The SMILES string of the molecule is O=C(O)CC(NC(=O)OCC1c2ccccc2-c2ccccc21)C(=O)Nc1ccc(C(F)F)cc1. The van der Waals surface area contributed by atoms with Crippen LogP contribution in [0.15, 0.2) is 72.8 Å². The van der Waals surface area contributed by atoms with Gasteiger partial charge in [-0.25, -0.2) is 13.6 Å². The number of carboxylic acid groups (broad SMARTS) is 1. The molecule has 9 heteroatoms. The zero-order valence-corrected chi connectivity index (χ0v) is 18.4. The third-order valence-electron chi connectivity index (χ3n) is 5.76. The van der Waals surface area contributed by atoms with Gasteiger partial charge < -0.3 is 20.5 Å². The molecule has 0 aliphatic heterocycles. The van der Waals surface area contributed by atoms with Crippen LogP contribution in [-0.4, -0.2) is 35.7 Å². The van der Waals surface area contributed by atoms with E-state index in [9.17, 15) is 28.3 Å². The number of fused-ring (bicyclic) bond motifs is 3. The molecule has 0 radical (unpaired) electrons. The molecule has 1 aliphatic rings. The zero-order chi connectivity index (χ0) is 24.9. The van der Waals surface area contributed by atoms with E-state index in [1.807, 2.05) is 48.5 Å². The van der Waals surface area contributed by atoms with Crippen molar-refractivity contribution in [1.82, 2.24) is 5.32 Å². The highest BCUT2D eigenvalue weighted by Gasteiger charge is 2.30. The van der Waals surface area contributed by atoms with E-state index in [2.05, 4.69) is 10.6 Å². The maximum atomic E-state index is 12.7. The molecule has 0 heterocycles. The fourth-order valence-electron chi connectivity index (χ4n) is 4.11. The smallest absolute Gasteiger partial charge is 0.407 e. The number of halogens is 2. The van der Waals surface area contributed by atoms with Gasteiger partial charge in [-0.2, -0.15) is 0 Å². The van der Waals surface area contributed by atoms with Gasteiger partial charge in [0, 0.05) is 17.2 Å². The number of ether oxygens (including phenoxy) is 1. The number of carbonyl (C=O) groups is 3. The van der Waals surface area contributed by atoms with Crippen molar-refractivity contribution in [1.29, 1.82) is 0 Å². The van der Waals surface area contributed by atoms with Crippen molar-refractivity contribution in [3.63, 3.8) is 0 Å². The normalized spacial score (nSPS) is 13.0. The average Bonchev–Trinajstić information content (AvgIpc) is 3.16. The van der Waals surface area contributed by atoms with Crippen LogP contribution in [0.3, 0.4) is 0 Å². The summed E-state index contributed by atoms with van der Waals surface area (Å²) in [4.78, 5) is 36.4. The molecule has 4 rings (SSSR count). The Morgan fingerprint density at radius 2 is 1.46 bits per heavy atom. The predicted octanol–water partition coefficient (Wildman–Crippen LogP) is 4.94. The van der Waals surface area contributed by atoms with Crippen LogP contribution in [-0.2, 0) is 14.3 Å². The maximum absolute atomic E-state index is 12.7. The summed E-state index contributed by atoms with van der Waals surface area (Å²) >= 11 is 0. The number of carbonyl (C=O) groups excluding carboxylic acids is 2. The first-order valence-electron chi connectivity index (χ1n) is 10.9. The topological polar surface area (TPSA) is 105 Å². The number of rotatable bonds is 8. The van der Waals surface area contributed by atoms with E-state index in [4.69, 9.17) is 4.74 Å². The van der Waals surface area contributed by atoms with Crippen LogP contribution in [0, 0.1) is 0 Å². The van der Waals surface area contributed by atoms with Crippen molar-refractivity contribution >= 4 is 23.7 Å². The summed E-state index contributed by atoms with van der Waals surface area (Å²) in [6.45, 7) is -0.00361. The molecule has 0 spiro atoms. The molecular formula is C26H22F2N2O5.